The Hall–Kier alpha value is -4.53. The molecule has 1 atom stereocenters. The quantitative estimate of drug-likeness (QED) is 0.162. The van der Waals surface area contributed by atoms with Crippen LogP contribution in [0.15, 0.2) is 71.9 Å². The van der Waals surface area contributed by atoms with Gasteiger partial charge < -0.3 is 24.7 Å². The Morgan fingerprint density at radius 3 is 2.67 bits per heavy atom. The summed E-state index contributed by atoms with van der Waals surface area (Å²) in [4.78, 5) is 33.9. The van der Waals surface area contributed by atoms with Crippen LogP contribution >= 0.6 is 0 Å². The maximum absolute atomic E-state index is 13.3. The van der Waals surface area contributed by atoms with E-state index in [2.05, 4.69) is 34.0 Å². The summed E-state index contributed by atoms with van der Waals surface area (Å²) in [5.74, 6) is -0.480. The van der Waals surface area contributed by atoms with E-state index in [1.165, 1.54) is 30.5 Å². The molecule has 0 radical (unpaired) electrons. The fraction of sp³-hybridized carbons (Fsp3) is 0.375. The fourth-order valence-electron chi connectivity index (χ4n) is 6.17. The zero-order chi connectivity index (χ0) is 32.5. The second kappa shape index (κ2) is 12.7. The van der Waals surface area contributed by atoms with Gasteiger partial charge in [-0.15, -0.1) is 0 Å². The summed E-state index contributed by atoms with van der Waals surface area (Å²) < 4.78 is 40.3. The predicted molar refractivity (Wildman–Crippen MR) is 172 cm³/mol. The molecule has 1 unspecified atom stereocenters. The largest absolute Gasteiger partial charge is 0.455 e. The van der Waals surface area contributed by atoms with Crippen LogP contribution in [0.1, 0.15) is 49.9 Å². The number of anilines is 1. The topological polar surface area (TPSA) is 169 Å². The number of ether oxygens (including phenoxy) is 2. The van der Waals surface area contributed by atoms with Crippen molar-refractivity contribution < 1.29 is 27.6 Å². The average Bonchev–Trinajstić information content (AvgIpc) is 3.49. The number of carbonyl (C=O) groups excluding carboxylic acids is 1. The van der Waals surface area contributed by atoms with E-state index in [9.17, 15) is 23.3 Å². The van der Waals surface area contributed by atoms with Gasteiger partial charge in [-0.2, -0.15) is 0 Å². The molecule has 0 spiro atoms. The van der Waals surface area contributed by atoms with Crippen molar-refractivity contribution in [2.24, 2.45) is 0 Å². The normalized spacial score (nSPS) is 19.0. The van der Waals surface area contributed by atoms with Gasteiger partial charge in [0.05, 0.1) is 27.2 Å². The number of aromatic nitrogens is 2. The molecule has 2 fully saturated rings. The third-order valence-electron chi connectivity index (χ3n) is 8.51. The lowest BCUT2D eigenvalue weighted by atomic mass is 9.91. The maximum atomic E-state index is 13.3. The number of nitro groups is 1. The van der Waals surface area contributed by atoms with Crippen molar-refractivity contribution in [2.75, 3.05) is 25.0 Å². The van der Waals surface area contributed by atoms with Crippen molar-refractivity contribution in [3.63, 3.8) is 0 Å². The van der Waals surface area contributed by atoms with Gasteiger partial charge in [0.1, 0.15) is 22.8 Å². The van der Waals surface area contributed by atoms with Gasteiger partial charge >= 0.3 is 0 Å². The molecule has 3 N–H and O–H groups in total. The number of rotatable bonds is 9. The summed E-state index contributed by atoms with van der Waals surface area (Å²) >= 11 is 0. The van der Waals surface area contributed by atoms with Gasteiger partial charge in [-0.05, 0) is 75.9 Å². The number of likely N-dealkylation sites (tertiary alicyclic amines) is 1. The van der Waals surface area contributed by atoms with Crippen LogP contribution in [0.4, 0.5) is 11.4 Å². The Balaban J connectivity index is 1.13. The van der Waals surface area contributed by atoms with E-state index >= 15 is 0 Å². The number of H-pyrrole nitrogens is 1. The second-order valence-corrected chi connectivity index (χ2v) is 13.9. The Bertz CT molecular complexity index is 1870. The Morgan fingerprint density at radius 2 is 1.91 bits per heavy atom. The van der Waals surface area contributed by atoms with Crippen LogP contribution in [0, 0.1) is 10.1 Å². The lowest BCUT2D eigenvalue weighted by Gasteiger charge is -2.44. The molecule has 2 aliphatic rings. The highest BCUT2D eigenvalue weighted by Crippen LogP contribution is 2.33. The molecule has 4 heterocycles. The van der Waals surface area contributed by atoms with Crippen LogP contribution in [0.2, 0.25) is 0 Å². The second-order valence-electron chi connectivity index (χ2n) is 12.3. The molecule has 0 aliphatic carbocycles. The molecule has 2 aromatic carbocycles. The van der Waals surface area contributed by atoms with Gasteiger partial charge in [0.25, 0.3) is 21.6 Å². The number of para-hydroxylation sites is 1. The molecular formula is C32H36N6O7S. The number of nitrogens with one attached hydrogen (secondary N) is 3. The number of carbonyl (C=O) groups is 1. The Morgan fingerprint density at radius 1 is 1.13 bits per heavy atom. The molecule has 0 saturated carbocycles. The van der Waals surface area contributed by atoms with Crippen LogP contribution in [0.25, 0.3) is 11.0 Å². The van der Waals surface area contributed by atoms with E-state index in [-0.39, 0.29) is 34.3 Å². The van der Waals surface area contributed by atoms with E-state index < -0.39 is 25.7 Å². The van der Waals surface area contributed by atoms with Gasteiger partial charge in [-0.3, -0.25) is 14.9 Å². The number of hydrogen-bond donors (Lipinski definition) is 3. The van der Waals surface area contributed by atoms with Gasteiger partial charge in [-0.25, -0.2) is 18.1 Å². The summed E-state index contributed by atoms with van der Waals surface area (Å²) in [5, 5.41) is 16.1. The summed E-state index contributed by atoms with van der Waals surface area (Å²) in [6.45, 7) is 6.67. The monoisotopic (exact) mass is 648 g/mol. The standard InChI is InChI=1S/C32H36N6O7S/c1-32(2)19-23(12-16-44-32)37-14-10-22(11-15-37)35-27-8-7-25(18-28(27)38(40)41)46(42,43)36-31(39)26-5-3-4-6-29(26)45-24-17-21-9-13-33-30(21)34-20-24/h3-9,13,17-18,20,22-23,35H,10-12,14-16,19H2,1-2H3,(H,33,34)(H,36,39). The number of nitrogens with zero attached hydrogens (tertiary/aromatic N) is 3. The number of hydrogen-bond acceptors (Lipinski definition) is 10. The van der Waals surface area contributed by atoms with Crippen molar-refractivity contribution in [3.8, 4) is 11.5 Å². The molecule has 2 aromatic heterocycles. The first-order valence-electron chi connectivity index (χ1n) is 15.2. The van der Waals surface area contributed by atoms with E-state index in [0.29, 0.717) is 17.4 Å². The maximum Gasteiger partial charge on any atom is 0.293 e. The van der Waals surface area contributed by atoms with E-state index in [4.69, 9.17) is 9.47 Å². The van der Waals surface area contributed by atoms with E-state index in [1.807, 2.05) is 10.8 Å². The van der Waals surface area contributed by atoms with Crippen molar-refractivity contribution in [1.29, 1.82) is 0 Å². The third kappa shape index (κ3) is 6.98. The minimum atomic E-state index is -4.47. The number of benzene rings is 2. The number of pyridine rings is 1. The van der Waals surface area contributed by atoms with E-state index in [1.54, 1.807) is 24.4 Å². The van der Waals surface area contributed by atoms with Gasteiger partial charge in [0.15, 0.2) is 0 Å². The Kier molecular flexibility index (Phi) is 8.68. The van der Waals surface area contributed by atoms with Gasteiger partial charge in [0, 0.05) is 49.4 Å². The molecule has 0 bridgehead atoms. The average molecular weight is 649 g/mol. The number of piperidine rings is 1. The van der Waals surface area contributed by atoms with Gasteiger partial charge in [-0.1, -0.05) is 12.1 Å². The number of fused-ring (bicyclic) bond motifs is 1. The highest BCUT2D eigenvalue weighted by molar-refractivity contribution is 7.90. The lowest BCUT2D eigenvalue weighted by Crippen LogP contribution is -2.50. The van der Waals surface area contributed by atoms with E-state index in [0.717, 1.165) is 56.8 Å². The summed E-state index contributed by atoms with van der Waals surface area (Å²) in [5.41, 5.74) is 0.324. The minimum Gasteiger partial charge on any atom is -0.455 e. The SMILES string of the molecule is CC1(C)CC(N2CCC(Nc3ccc(S(=O)(=O)NC(=O)c4ccccc4Oc4cnc5[nH]ccc5c4)cc3[N+](=O)[O-])CC2)CCO1. The molecule has 46 heavy (non-hydrogen) atoms. The molecule has 1 amide bonds. The zero-order valence-corrected chi connectivity index (χ0v) is 26.4. The molecule has 2 aliphatic heterocycles. The van der Waals surface area contributed by atoms with Crippen molar-refractivity contribution in [1.82, 2.24) is 19.6 Å². The molecule has 14 heteroatoms. The van der Waals surface area contributed by atoms with Gasteiger partial charge in [0.2, 0.25) is 0 Å². The molecular weight excluding hydrogens is 612 g/mol. The summed E-state index contributed by atoms with van der Waals surface area (Å²) in [6, 6.07) is 13.8. The first-order chi connectivity index (χ1) is 22.0. The summed E-state index contributed by atoms with van der Waals surface area (Å²) in [7, 11) is -4.47. The smallest absolute Gasteiger partial charge is 0.293 e. The summed E-state index contributed by atoms with van der Waals surface area (Å²) in [6.07, 6.45) is 6.75. The third-order valence-corrected chi connectivity index (χ3v) is 9.84. The molecule has 13 nitrogen and oxygen atoms in total. The van der Waals surface area contributed by atoms with Crippen LogP contribution in [0.3, 0.4) is 0 Å². The highest BCUT2D eigenvalue weighted by atomic mass is 32.2. The fourth-order valence-corrected chi connectivity index (χ4v) is 7.16. The first-order valence-corrected chi connectivity index (χ1v) is 16.7. The minimum absolute atomic E-state index is 0.00498. The van der Waals surface area contributed by atoms with Crippen LogP contribution in [-0.2, 0) is 14.8 Å². The number of sulfonamides is 1. The number of nitro benzene ring substituents is 1. The predicted octanol–water partition coefficient (Wildman–Crippen LogP) is 5.22. The van der Waals surface area contributed by atoms with Crippen molar-refractivity contribution >= 4 is 38.3 Å². The van der Waals surface area contributed by atoms with Crippen LogP contribution in [-0.4, -0.2) is 71.5 Å². The lowest BCUT2D eigenvalue weighted by molar-refractivity contribution is -0.384. The van der Waals surface area contributed by atoms with Crippen molar-refractivity contribution in [2.45, 2.75) is 62.1 Å². The molecule has 2 saturated heterocycles. The number of amides is 1. The first kappa shape index (κ1) is 31.5. The molecule has 6 rings (SSSR count). The number of aromatic amines is 1. The van der Waals surface area contributed by atoms with Crippen molar-refractivity contribution in [3.05, 3.63) is 82.7 Å². The zero-order valence-electron chi connectivity index (χ0n) is 25.6. The van der Waals surface area contributed by atoms with Crippen LogP contribution in [0.5, 0.6) is 11.5 Å². The molecule has 242 valence electrons. The van der Waals surface area contributed by atoms with Crippen LogP contribution < -0.4 is 14.8 Å². The highest BCUT2D eigenvalue weighted by Gasteiger charge is 2.34. The Labute approximate surface area is 266 Å². The molecule has 4 aromatic rings.